The fourth-order valence-corrected chi connectivity index (χ4v) is 2.14. The Kier molecular flexibility index (Phi) is 4.68. The largest absolute Gasteiger partial charge is 0.353 e. The molecule has 2 rings (SSSR count). The second-order valence-corrected chi connectivity index (χ2v) is 6.38. The fourth-order valence-electron chi connectivity index (χ4n) is 1.93. The first-order valence-corrected chi connectivity index (χ1v) is 7.31. The molecule has 0 fully saturated rings. The van der Waals surface area contributed by atoms with E-state index in [0.29, 0.717) is 17.3 Å². The highest BCUT2D eigenvalue weighted by atomic mass is 35.5. The van der Waals surface area contributed by atoms with E-state index in [0.717, 1.165) is 12.2 Å². The number of rotatable bonds is 4. The average Bonchev–Trinajstić information content (AvgIpc) is 2.90. The van der Waals surface area contributed by atoms with E-state index in [1.807, 2.05) is 49.9 Å². The summed E-state index contributed by atoms with van der Waals surface area (Å²) in [6.07, 6.45) is 3.93. The summed E-state index contributed by atoms with van der Waals surface area (Å²) in [5.41, 5.74) is 1.21. The molecule has 0 aromatic carbocycles. The van der Waals surface area contributed by atoms with Crippen molar-refractivity contribution in [1.29, 1.82) is 0 Å². The lowest BCUT2D eigenvalue weighted by atomic mass is 9.91. The van der Waals surface area contributed by atoms with E-state index in [-0.39, 0.29) is 11.3 Å². The Hall–Kier alpha value is -1.81. The van der Waals surface area contributed by atoms with Crippen LogP contribution in [-0.2, 0) is 12.0 Å². The lowest BCUT2D eigenvalue weighted by Gasteiger charge is -2.18. The molecule has 2 aromatic rings. The Bertz CT molecular complexity index is 615. The maximum atomic E-state index is 12.2. The molecule has 4 nitrogen and oxygen atoms in total. The fraction of sp³-hybridized carbons (Fsp3) is 0.375. The molecule has 0 aliphatic carbocycles. The number of hydrogen-bond donors (Lipinski definition) is 1. The van der Waals surface area contributed by atoms with Gasteiger partial charge in [0, 0.05) is 42.2 Å². The van der Waals surface area contributed by atoms with Crippen molar-refractivity contribution in [2.75, 3.05) is 6.54 Å². The van der Waals surface area contributed by atoms with Gasteiger partial charge in [0.2, 0.25) is 0 Å². The maximum absolute atomic E-state index is 12.2. The van der Waals surface area contributed by atoms with E-state index in [9.17, 15) is 4.79 Å². The van der Waals surface area contributed by atoms with Gasteiger partial charge in [-0.05, 0) is 24.3 Å². The van der Waals surface area contributed by atoms with Crippen molar-refractivity contribution in [3.05, 3.63) is 53.1 Å². The van der Waals surface area contributed by atoms with Gasteiger partial charge in [-0.1, -0.05) is 32.4 Å². The molecule has 0 atom stereocenters. The van der Waals surface area contributed by atoms with Crippen LogP contribution in [-0.4, -0.2) is 22.0 Å². The minimum atomic E-state index is -0.148. The molecule has 0 bridgehead atoms. The summed E-state index contributed by atoms with van der Waals surface area (Å²) < 4.78 is 2.01. The lowest BCUT2D eigenvalue weighted by Crippen LogP contribution is -2.27. The van der Waals surface area contributed by atoms with Gasteiger partial charge in [0.05, 0.1) is 0 Å². The highest BCUT2D eigenvalue weighted by Gasteiger charge is 2.18. The van der Waals surface area contributed by atoms with Crippen molar-refractivity contribution in [2.24, 2.45) is 0 Å². The molecular formula is C16H20ClN3O. The van der Waals surface area contributed by atoms with Gasteiger partial charge in [-0.2, -0.15) is 0 Å². The van der Waals surface area contributed by atoms with Crippen LogP contribution in [0.1, 0.15) is 36.8 Å². The summed E-state index contributed by atoms with van der Waals surface area (Å²) >= 11 is 6.02. The molecule has 21 heavy (non-hydrogen) atoms. The third-order valence-electron chi connectivity index (χ3n) is 3.15. The van der Waals surface area contributed by atoms with Crippen LogP contribution in [0.25, 0.3) is 0 Å². The number of halogens is 1. The standard InChI is InChI=1S/C16H20ClN3O/c1-16(2,3)13-10-12(11-14(17)19-13)15(21)18-6-9-20-7-4-5-8-20/h4-5,7-8,10-11H,6,9H2,1-3H3,(H,18,21). The summed E-state index contributed by atoms with van der Waals surface area (Å²) in [6, 6.07) is 7.32. The van der Waals surface area contributed by atoms with Crippen LogP contribution in [0.2, 0.25) is 5.15 Å². The van der Waals surface area contributed by atoms with Gasteiger partial charge in [-0.25, -0.2) is 4.98 Å². The van der Waals surface area contributed by atoms with Gasteiger partial charge in [-0.15, -0.1) is 0 Å². The third-order valence-corrected chi connectivity index (χ3v) is 3.34. The molecule has 0 radical (unpaired) electrons. The molecule has 0 saturated heterocycles. The molecule has 0 spiro atoms. The molecule has 5 heteroatoms. The van der Waals surface area contributed by atoms with E-state index in [1.54, 1.807) is 12.1 Å². The predicted molar refractivity (Wildman–Crippen MR) is 84.7 cm³/mol. The van der Waals surface area contributed by atoms with E-state index in [1.165, 1.54) is 0 Å². The molecule has 0 aliphatic rings. The van der Waals surface area contributed by atoms with Gasteiger partial charge in [-0.3, -0.25) is 4.79 Å². The topological polar surface area (TPSA) is 46.9 Å². The number of aromatic nitrogens is 2. The maximum Gasteiger partial charge on any atom is 0.251 e. The quantitative estimate of drug-likeness (QED) is 0.881. The number of nitrogens with one attached hydrogen (secondary N) is 1. The SMILES string of the molecule is CC(C)(C)c1cc(C(=O)NCCn2cccc2)cc(Cl)n1. The first-order valence-electron chi connectivity index (χ1n) is 6.93. The summed E-state index contributed by atoms with van der Waals surface area (Å²) in [7, 11) is 0. The monoisotopic (exact) mass is 305 g/mol. The normalized spacial score (nSPS) is 11.4. The van der Waals surface area contributed by atoms with Crippen LogP contribution in [0.3, 0.4) is 0 Å². The van der Waals surface area contributed by atoms with Gasteiger partial charge >= 0.3 is 0 Å². The molecule has 1 N–H and O–H groups in total. The molecule has 0 unspecified atom stereocenters. The number of amides is 1. The van der Waals surface area contributed by atoms with Crippen molar-refractivity contribution < 1.29 is 4.79 Å². The van der Waals surface area contributed by atoms with Crippen LogP contribution >= 0.6 is 11.6 Å². The van der Waals surface area contributed by atoms with E-state index < -0.39 is 0 Å². The molecule has 1 amide bonds. The number of carbonyl (C=O) groups is 1. The molecule has 0 saturated carbocycles. The van der Waals surface area contributed by atoms with E-state index >= 15 is 0 Å². The molecule has 112 valence electrons. The third kappa shape index (κ3) is 4.33. The molecule has 2 heterocycles. The van der Waals surface area contributed by atoms with Crippen molar-refractivity contribution in [1.82, 2.24) is 14.9 Å². The van der Waals surface area contributed by atoms with E-state index in [2.05, 4.69) is 10.3 Å². The summed E-state index contributed by atoms with van der Waals surface area (Å²) in [4.78, 5) is 16.5. The van der Waals surface area contributed by atoms with Crippen molar-refractivity contribution in [2.45, 2.75) is 32.7 Å². The Labute approximate surface area is 130 Å². The van der Waals surface area contributed by atoms with Crippen LogP contribution in [0.4, 0.5) is 0 Å². The lowest BCUT2D eigenvalue weighted by molar-refractivity contribution is 0.0952. The second-order valence-electron chi connectivity index (χ2n) is 5.99. The van der Waals surface area contributed by atoms with Crippen molar-refractivity contribution in [3.63, 3.8) is 0 Å². The summed E-state index contributed by atoms with van der Waals surface area (Å²) in [5.74, 6) is -0.128. The Morgan fingerprint density at radius 1 is 1.29 bits per heavy atom. The average molecular weight is 306 g/mol. The number of pyridine rings is 1. The van der Waals surface area contributed by atoms with Gasteiger partial charge in [0.25, 0.3) is 5.91 Å². The first-order chi connectivity index (χ1) is 9.86. The summed E-state index contributed by atoms with van der Waals surface area (Å²) in [6.45, 7) is 7.43. The minimum absolute atomic E-state index is 0.128. The van der Waals surface area contributed by atoms with Crippen molar-refractivity contribution in [3.8, 4) is 0 Å². The smallest absolute Gasteiger partial charge is 0.251 e. The zero-order valence-corrected chi connectivity index (χ0v) is 13.3. The van der Waals surface area contributed by atoms with E-state index in [4.69, 9.17) is 11.6 Å². The van der Waals surface area contributed by atoms with Crippen molar-refractivity contribution >= 4 is 17.5 Å². The number of nitrogens with zero attached hydrogens (tertiary/aromatic N) is 2. The van der Waals surface area contributed by atoms with Crippen LogP contribution in [0, 0.1) is 0 Å². The predicted octanol–water partition coefficient (Wildman–Crippen LogP) is 3.26. The van der Waals surface area contributed by atoms with Gasteiger partial charge in [0.1, 0.15) is 5.15 Å². The minimum Gasteiger partial charge on any atom is -0.353 e. The zero-order valence-electron chi connectivity index (χ0n) is 12.6. The molecular weight excluding hydrogens is 286 g/mol. The Morgan fingerprint density at radius 2 is 1.95 bits per heavy atom. The van der Waals surface area contributed by atoms with Gasteiger partial charge < -0.3 is 9.88 Å². The number of carbonyl (C=O) groups excluding carboxylic acids is 1. The second kappa shape index (κ2) is 6.31. The number of hydrogen-bond acceptors (Lipinski definition) is 2. The first kappa shape index (κ1) is 15.6. The zero-order chi connectivity index (χ0) is 15.5. The molecule has 2 aromatic heterocycles. The Balaban J connectivity index is 2.03. The highest BCUT2D eigenvalue weighted by molar-refractivity contribution is 6.29. The van der Waals surface area contributed by atoms with Crippen LogP contribution in [0.15, 0.2) is 36.7 Å². The highest BCUT2D eigenvalue weighted by Crippen LogP contribution is 2.23. The molecule has 0 aliphatic heterocycles. The van der Waals surface area contributed by atoms with Crippen LogP contribution < -0.4 is 5.32 Å². The summed E-state index contributed by atoms with van der Waals surface area (Å²) in [5, 5.41) is 3.24. The van der Waals surface area contributed by atoms with Gasteiger partial charge in [0.15, 0.2) is 0 Å². The Morgan fingerprint density at radius 3 is 2.57 bits per heavy atom. The van der Waals surface area contributed by atoms with Crippen LogP contribution in [0.5, 0.6) is 0 Å².